The van der Waals surface area contributed by atoms with Crippen molar-refractivity contribution in [2.75, 3.05) is 25.6 Å². The Labute approximate surface area is 110 Å². The molecule has 18 heavy (non-hydrogen) atoms. The van der Waals surface area contributed by atoms with E-state index in [2.05, 4.69) is 30.0 Å². The van der Waals surface area contributed by atoms with Gasteiger partial charge in [-0.1, -0.05) is 6.07 Å². The summed E-state index contributed by atoms with van der Waals surface area (Å²) >= 11 is 0. The fourth-order valence-corrected chi connectivity index (χ4v) is 2.19. The molecule has 0 saturated carbocycles. The van der Waals surface area contributed by atoms with Gasteiger partial charge in [0.15, 0.2) is 0 Å². The maximum Gasteiger partial charge on any atom is 0.145 e. The van der Waals surface area contributed by atoms with E-state index in [1.54, 1.807) is 7.11 Å². The van der Waals surface area contributed by atoms with Gasteiger partial charge < -0.3 is 9.64 Å². The minimum Gasteiger partial charge on any atom is -0.494 e. The van der Waals surface area contributed by atoms with E-state index in [0.29, 0.717) is 6.54 Å². The summed E-state index contributed by atoms with van der Waals surface area (Å²) in [6, 6.07) is 6.53. The van der Waals surface area contributed by atoms with Crippen LogP contribution in [-0.4, -0.2) is 20.7 Å². The molecule has 1 aromatic rings. The van der Waals surface area contributed by atoms with Crippen LogP contribution in [0.1, 0.15) is 25.0 Å². The molecule has 0 saturated heterocycles. The molecule has 0 bridgehead atoms. The summed E-state index contributed by atoms with van der Waals surface area (Å²) in [4.78, 5) is 2.09. The highest BCUT2D eigenvalue weighted by atomic mass is 16.5. The zero-order valence-electron chi connectivity index (χ0n) is 12.2. The van der Waals surface area contributed by atoms with E-state index in [-0.39, 0.29) is 5.41 Å². The Hall–Kier alpha value is -1.69. The third kappa shape index (κ3) is 3.16. The molecule has 0 atom stereocenters. The predicted molar refractivity (Wildman–Crippen MR) is 75.1 cm³/mol. The third-order valence-corrected chi connectivity index (χ3v) is 2.95. The third-order valence-electron chi connectivity index (χ3n) is 2.95. The van der Waals surface area contributed by atoms with Gasteiger partial charge >= 0.3 is 0 Å². The molecule has 1 aromatic carbocycles. The first kappa shape index (κ1) is 14.4. The zero-order chi connectivity index (χ0) is 13.9. The second kappa shape index (κ2) is 5.30. The first-order valence-electron chi connectivity index (χ1n) is 6.08. The predicted octanol–water partition coefficient (Wildman–Crippen LogP) is 3.30. The highest BCUT2D eigenvalue weighted by Gasteiger charge is 2.21. The number of ether oxygens (including phenoxy) is 1. The number of hydrogen-bond acceptors (Lipinski definition) is 3. The summed E-state index contributed by atoms with van der Waals surface area (Å²) in [6.07, 6.45) is 0. The molecule has 0 fully saturated rings. The summed E-state index contributed by atoms with van der Waals surface area (Å²) in [5.41, 5.74) is 2.98. The maximum atomic E-state index is 9.12. The van der Waals surface area contributed by atoms with Gasteiger partial charge in [0.1, 0.15) is 5.75 Å². The van der Waals surface area contributed by atoms with Gasteiger partial charge in [0.05, 0.1) is 24.3 Å². The molecule has 0 aromatic heterocycles. The van der Waals surface area contributed by atoms with Gasteiger partial charge in [-0.3, -0.25) is 0 Å². The van der Waals surface area contributed by atoms with Crippen LogP contribution in [0.5, 0.6) is 5.75 Å². The van der Waals surface area contributed by atoms with Gasteiger partial charge in [-0.15, -0.1) is 0 Å². The average molecular weight is 246 g/mol. The molecule has 98 valence electrons. The van der Waals surface area contributed by atoms with Gasteiger partial charge in [0.2, 0.25) is 0 Å². The Morgan fingerprint density at radius 1 is 1.33 bits per heavy atom. The number of rotatable bonds is 4. The van der Waals surface area contributed by atoms with Crippen LogP contribution in [0, 0.1) is 30.6 Å². The topological polar surface area (TPSA) is 36.3 Å². The Bertz CT molecular complexity index is 472. The lowest BCUT2D eigenvalue weighted by molar-refractivity contribution is 0.409. The number of hydrogen-bond donors (Lipinski definition) is 0. The smallest absolute Gasteiger partial charge is 0.145 e. The van der Waals surface area contributed by atoms with E-state index in [1.807, 2.05) is 27.8 Å². The Kier molecular flexibility index (Phi) is 4.24. The molecule has 0 aliphatic carbocycles. The molecule has 0 aliphatic heterocycles. The van der Waals surface area contributed by atoms with Crippen LogP contribution in [0.4, 0.5) is 5.69 Å². The molecule has 3 heteroatoms. The van der Waals surface area contributed by atoms with Gasteiger partial charge in [-0.25, -0.2) is 0 Å². The summed E-state index contributed by atoms with van der Waals surface area (Å²) < 4.78 is 5.48. The van der Waals surface area contributed by atoms with E-state index >= 15 is 0 Å². The van der Waals surface area contributed by atoms with Crippen LogP contribution in [0.25, 0.3) is 0 Å². The quantitative estimate of drug-likeness (QED) is 0.818. The summed E-state index contributed by atoms with van der Waals surface area (Å²) in [7, 11) is 3.68. The van der Waals surface area contributed by atoms with Crippen LogP contribution < -0.4 is 9.64 Å². The van der Waals surface area contributed by atoms with Crippen molar-refractivity contribution < 1.29 is 4.74 Å². The minimum absolute atomic E-state index is 0.378. The summed E-state index contributed by atoms with van der Waals surface area (Å²) in [6.45, 7) is 8.66. The van der Waals surface area contributed by atoms with E-state index in [4.69, 9.17) is 10.00 Å². The first-order valence-corrected chi connectivity index (χ1v) is 6.08. The van der Waals surface area contributed by atoms with Gasteiger partial charge in [-0.2, -0.15) is 5.26 Å². The molecule has 0 radical (unpaired) electrons. The van der Waals surface area contributed by atoms with Gasteiger partial charge in [0.25, 0.3) is 0 Å². The molecule has 0 heterocycles. The van der Waals surface area contributed by atoms with Crippen LogP contribution >= 0.6 is 0 Å². The monoisotopic (exact) mass is 246 g/mol. The number of nitrogens with zero attached hydrogens (tertiary/aromatic N) is 2. The molecular formula is C15H22N2O. The SMILES string of the molecule is COc1c(C)cc(C)cc1N(C)CC(C)(C)C#N. The van der Waals surface area contributed by atoms with Crippen molar-refractivity contribution in [3.05, 3.63) is 23.3 Å². The van der Waals surface area contributed by atoms with E-state index < -0.39 is 0 Å². The molecule has 0 unspecified atom stereocenters. The molecule has 0 amide bonds. The Morgan fingerprint density at radius 3 is 2.44 bits per heavy atom. The standard InChI is InChI=1S/C15H22N2O/c1-11-7-12(2)14(18-6)13(8-11)17(5)10-15(3,4)9-16/h7-8H,10H2,1-6H3. The van der Waals surface area contributed by atoms with Gasteiger partial charge in [-0.05, 0) is 44.9 Å². The molecule has 0 N–H and O–H groups in total. The number of aryl methyl sites for hydroxylation is 2. The van der Waals surface area contributed by atoms with Crippen LogP contribution in [0.3, 0.4) is 0 Å². The number of methoxy groups -OCH3 is 1. The average Bonchev–Trinajstić information content (AvgIpc) is 2.27. The normalized spacial score (nSPS) is 10.9. The Balaban J connectivity index is 3.13. The summed E-state index contributed by atoms with van der Waals surface area (Å²) in [5.74, 6) is 0.886. The van der Waals surface area contributed by atoms with Crippen molar-refractivity contribution >= 4 is 5.69 Å². The highest BCUT2D eigenvalue weighted by Crippen LogP contribution is 2.33. The second-order valence-corrected chi connectivity index (χ2v) is 5.49. The minimum atomic E-state index is -0.378. The Morgan fingerprint density at radius 2 is 1.94 bits per heavy atom. The van der Waals surface area contributed by atoms with Crippen molar-refractivity contribution in [3.63, 3.8) is 0 Å². The van der Waals surface area contributed by atoms with Crippen molar-refractivity contribution in [1.29, 1.82) is 5.26 Å². The van der Waals surface area contributed by atoms with E-state index in [0.717, 1.165) is 17.0 Å². The zero-order valence-corrected chi connectivity index (χ0v) is 12.2. The van der Waals surface area contributed by atoms with Crippen LogP contribution in [0.15, 0.2) is 12.1 Å². The van der Waals surface area contributed by atoms with Gasteiger partial charge in [0, 0.05) is 13.6 Å². The molecule has 1 rings (SSSR count). The number of benzene rings is 1. The molecule has 3 nitrogen and oxygen atoms in total. The highest BCUT2D eigenvalue weighted by molar-refractivity contribution is 5.63. The fraction of sp³-hybridized carbons (Fsp3) is 0.533. The lowest BCUT2D eigenvalue weighted by Crippen LogP contribution is -2.30. The number of nitriles is 1. The van der Waals surface area contributed by atoms with E-state index in [9.17, 15) is 0 Å². The van der Waals surface area contributed by atoms with E-state index in [1.165, 1.54) is 5.56 Å². The second-order valence-electron chi connectivity index (χ2n) is 5.49. The fourth-order valence-electron chi connectivity index (χ4n) is 2.19. The molecule has 0 spiro atoms. The first-order chi connectivity index (χ1) is 8.30. The van der Waals surface area contributed by atoms with Crippen molar-refractivity contribution in [1.82, 2.24) is 0 Å². The van der Waals surface area contributed by atoms with Crippen LogP contribution in [-0.2, 0) is 0 Å². The number of anilines is 1. The maximum absolute atomic E-state index is 9.12. The molecule has 0 aliphatic rings. The lowest BCUT2D eigenvalue weighted by Gasteiger charge is -2.28. The largest absolute Gasteiger partial charge is 0.494 e. The summed E-state index contributed by atoms with van der Waals surface area (Å²) in [5, 5.41) is 9.12. The van der Waals surface area contributed by atoms with Crippen molar-refractivity contribution in [2.45, 2.75) is 27.7 Å². The lowest BCUT2D eigenvalue weighted by atomic mass is 9.95. The van der Waals surface area contributed by atoms with Crippen molar-refractivity contribution in [3.8, 4) is 11.8 Å². The molecular weight excluding hydrogens is 224 g/mol. The van der Waals surface area contributed by atoms with Crippen LogP contribution in [0.2, 0.25) is 0 Å². The van der Waals surface area contributed by atoms with Crippen molar-refractivity contribution in [2.24, 2.45) is 5.41 Å².